The van der Waals surface area contributed by atoms with Crippen LogP contribution < -0.4 is 4.72 Å². The van der Waals surface area contributed by atoms with Gasteiger partial charge in [0.15, 0.2) is 0 Å². The first-order chi connectivity index (χ1) is 10.3. The van der Waals surface area contributed by atoms with Crippen molar-refractivity contribution in [3.05, 3.63) is 71.4 Å². The maximum absolute atomic E-state index is 12.3. The molecule has 1 atom stereocenters. The van der Waals surface area contributed by atoms with Crippen molar-refractivity contribution < 1.29 is 4.79 Å². The van der Waals surface area contributed by atoms with E-state index in [9.17, 15) is 4.79 Å². The molecule has 2 heterocycles. The van der Waals surface area contributed by atoms with Crippen molar-refractivity contribution in [1.82, 2.24) is 9.29 Å². The number of aromatic nitrogens is 1. The molecule has 3 nitrogen and oxygen atoms in total. The Kier molecular flexibility index (Phi) is 2.87. The molecule has 1 aromatic heterocycles. The monoisotopic (exact) mass is 294 g/mol. The smallest absolute Gasteiger partial charge is 0.250 e. The average Bonchev–Trinajstić information content (AvgIpc) is 2.84. The standard InChI is InChI=1S/C17H14N2OS/c1-19-13-10-6-5-9-12(13)14-15(11-7-3-2-4-8-11)18-21-17(20)16(14)19/h2-10,15,18H,1H3. The van der Waals surface area contributed by atoms with Gasteiger partial charge in [0, 0.05) is 35.5 Å². The van der Waals surface area contributed by atoms with Crippen LogP contribution in [-0.2, 0) is 7.05 Å². The fourth-order valence-electron chi connectivity index (χ4n) is 3.06. The van der Waals surface area contributed by atoms with Crippen LogP contribution in [0.3, 0.4) is 0 Å². The molecule has 0 bridgehead atoms. The average molecular weight is 294 g/mol. The minimum Gasteiger partial charge on any atom is -0.340 e. The van der Waals surface area contributed by atoms with E-state index in [1.165, 1.54) is 17.5 Å². The van der Waals surface area contributed by atoms with Gasteiger partial charge in [-0.1, -0.05) is 48.5 Å². The Morgan fingerprint density at radius 2 is 1.76 bits per heavy atom. The van der Waals surface area contributed by atoms with Crippen molar-refractivity contribution in [1.29, 1.82) is 0 Å². The number of para-hydroxylation sites is 1. The van der Waals surface area contributed by atoms with E-state index in [1.54, 1.807) is 0 Å². The Balaban J connectivity index is 2.04. The molecule has 0 spiro atoms. The number of benzene rings is 2. The van der Waals surface area contributed by atoms with Gasteiger partial charge in [-0.05, 0) is 11.6 Å². The number of rotatable bonds is 1. The number of nitrogens with one attached hydrogen (secondary N) is 1. The number of hydrogen-bond donors (Lipinski definition) is 1. The first-order valence-corrected chi connectivity index (χ1v) is 7.68. The lowest BCUT2D eigenvalue weighted by molar-refractivity contribution is 0.107. The topological polar surface area (TPSA) is 34.0 Å². The molecule has 3 aromatic rings. The van der Waals surface area contributed by atoms with Crippen molar-refractivity contribution >= 4 is 28.0 Å². The molecule has 0 fully saturated rings. The van der Waals surface area contributed by atoms with Crippen LogP contribution in [0.4, 0.5) is 0 Å². The molecular weight excluding hydrogens is 280 g/mol. The second-order valence-electron chi connectivity index (χ2n) is 5.19. The zero-order valence-electron chi connectivity index (χ0n) is 11.5. The highest BCUT2D eigenvalue weighted by Crippen LogP contribution is 2.39. The minimum atomic E-state index is 0.0370. The second kappa shape index (κ2) is 4.76. The van der Waals surface area contributed by atoms with Gasteiger partial charge in [0.2, 0.25) is 0 Å². The lowest BCUT2D eigenvalue weighted by Crippen LogP contribution is -2.26. The first kappa shape index (κ1) is 12.7. The van der Waals surface area contributed by atoms with Crippen LogP contribution in [0.1, 0.15) is 27.7 Å². The Morgan fingerprint density at radius 3 is 2.57 bits per heavy atom. The molecule has 1 aliphatic rings. The lowest BCUT2D eigenvalue weighted by Gasteiger charge is -2.24. The summed E-state index contributed by atoms with van der Waals surface area (Å²) in [6, 6.07) is 18.5. The summed E-state index contributed by atoms with van der Waals surface area (Å²) in [5, 5.41) is 1.22. The van der Waals surface area contributed by atoms with E-state index in [-0.39, 0.29) is 11.2 Å². The van der Waals surface area contributed by atoms with Crippen LogP contribution in [0.2, 0.25) is 0 Å². The van der Waals surface area contributed by atoms with E-state index in [2.05, 4.69) is 29.0 Å². The Morgan fingerprint density at radius 1 is 1.05 bits per heavy atom. The summed E-state index contributed by atoms with van der Waals surface area (Å²) in [6.07, 6.45) is 0. The summed E-state index contributed by atoms with van der Waals surface area (Å²) in [5.74, 6) is 0. The highest BCUT2D eigenvalue weighted by Gasteiger charge is 2.32. The Hall–Kier alpha value is -2.04. The van der Waals surface area contributed by atoms with Crippen molar-refractivity contribution in [3.63, 3.8) is 0 Å². The molecular formula is C17H14N2OS. The van der Waals surface area contributed by atoms with Gasteiger partial charge in [0.1, 0.15) is 5.69 Å². The van der Waals surface area contributed by atoms with E-state index in [0.717, 1.165) is 22.2 Å². The summed E-state index contributed by atoms with van der Waals surface area (Å²) in [4.78, 5) is 12.3. The molecule has 0 amide bonds. The van der Waals surface area contributed by atoms with Gasteiger partial charge in [-0.3, -0.25) is 4.79 Å². The van der Waals surface area contributed by atoms with E-state index in [0.29, 0.717) is 0 Å². The third-order valence-electron chi connectivity index (χ3n) is 4.03. The molecule has 1 N–H and O–H groups in total. The number of carbonyl (C=O) groups is 1. The van der Waals surface area contributed by atoms with Crippen molar-refractivity contribution in [2.24, 2.45) is 7.05 Å². The Bertz CT molecular complexity index is 839. The van der Waals surface area contributed by atoms with Crippen molar-refractivity contribution in [2.75, 3.05) is 0 Å². The quantitative estimate of drug-likeness (QED) is 0.695. The van der Waals surface area contributed by atoms with Crippen LogP contribution in [0, 0.1) is 0 Å². The maximum atomic E-state index is 12.3. The summed E-state index contributed by atoms with van der Waals surface area (Å²) in [7, 11) is 1.97. The van der Waals surface area contributed by atoms with Crippen LogP contribution in [0.25, 0.3) is 10.9 Å². The molecule has 1 aliphatic heterocycles. The third-order valence-corrected chi connectivity index (χ3v) is 4.76. The highest BCUT2D eigenvalue weighted by molar-refractivity contribution is 8.12. The molecule has 0 saturated carbocycles. The van der Waals surface area contributed by atoms with Gasteiger partial charge < -0.3 is 4.57 Å². The van der Waals surface area contributed by atoms with Gasteiger partial charge in [-0.15, -0.1) is 0 Å². The predicted octanol–water partition coefficient (Wildman–Crippen LogP) is 3.66. The van der Waals surface area contributed by atoms with E-state index in [4.69, 9.17) is 0 Å². The molecule has 104 valence electrons. The number of nitrogens with zero attached hydrogens (tertiary/aromatic N) is 1. The van der Waals surface area contributed by atoms with E-state index < -0.39 is 0 Å². The summed E-state index contributed by atoms with van der Waals surface area (Å²) in [6.45, 7) is 0. The van der Waals surface area contributed by atoms with Crippen LogP contribution in [-0.4, -0.2) is 9.68 Å². The molecule has 21 heavy (non-hydrogen) atoms. The maximum Gasteiger partial charge on any atom is 0.250 e. The number of aryl methyl sites for hydroxylation is 1. The normalized spacial score (nSPS) is 18.0. The molecule has 0 radical (unpaired) electrons. The van der Waals surface area contributed by atoms with Crippen LogP contribution in [0.5, 0.6) is 0 Å². The van der Waals surface area contributed by atoms with E-state index in [1.807, 2.05) is 41.9 Å². The van der Waals surface area contributed by atoms with E-state index >= 15 is 0 Å². The summed E-state index contributed by atoms with van der Waals surface area (Å²) >= 11 is 1.18. The van der Waals surface area contributed by atoms with Gasteiger partial charge in [-0.2, -0.15) is 0 Å². The number of hydrogen-bond acceptors (Lipinski definition) is 3. The van der Waals surface area contributed by atoms with Crippen molar-refractivity contribution in [2.45, 2.75) is 6.04 Å². The molecule has 4 heteroatoms. The Labute approximate surface area is 127 Å². The summed E-state index contributed by atoms with van der Waals surface area (Å²) < 4.78 is 5.31. The predicted molar refractivity (Wildman–Crippen MR) is 86.3 cm³/mol. The SMILES string of the molecule is Cn1c2c(c3ccccc31)C(c1ccccc1)NSC2=O. The molecule has 0 aliphatic carbocycles. The van der Waals surface area contributed by atoms with Gasteiger partial charge in [0.05, 0.1) is 6.04 Å². The number of carbonyl (C=O) groups excluding carboxylic acids is 1. The second-order valence-corrected chi connectivity index (χ2v) is 6.00. The fourth-order valence-corrected chi connectivity index (χ4v) is 3.88. The molecule has 2 aromatic carbocycles. The molecule has 0 saturated heterocycles. The van der Waals surface area contributed by atoms with Crippen molar-refractivity contribution in [3.8, 4) is 0 Å². The fraction of sp³-hybridized carbons (Fsp3) is 0.118. The largest absolute Gasteiger partial charge is 0.340 e. The molecule has 1 unspecified atom stereocenters. The highest BCUT2D eigenvalue weighted by atomic mass is 32.2. The third kappa shape index (κ3) is 1.83. The zero-order valence-corrected chi connectivity index (χ0v) is 12.4. The molecule has 4 rings (SSSR count). The van der Waals surface area contributed by atoms with Crippen LogP contribution in [0.15, 0.2) is 54.6 Å². The zero-order chi connectivity index (χ0) is 14.4. The van der Waals surface area contributed by atoms with Crippen LogP contribution >= 0.6 is 11.9 Å². The van der Waals surface area contributed by atoms with Gasteiger partial charge in [0.25, 0.3) is 5.12 Å². The summed E-state index contributed by atoms with van der Waals surface area (Å²) in [5.41, 5.74) is 4.16. The van der Waals surface area contributed by atoms with Gasteiger partial charge >= 0.3 is 0 Å². The lowest BCUT2D eigenvalue weighted by atomic mass is 9.96. The van der Waals surface area contributed by atoms with Gasteiger partial charge in [-0.25, -0.2) is 4.72 Å². The number of fused-ring (bicyclic) bond motifs is 3. The minimum absolute atomic E-state index is 0.0370. The first-order valence-electron chi connectivity index (χ1n) is 6.86.